The van der Waals surface area contributed by atoms with Gasteiger partial charge in [-0.1, -0.05) is 18.2 Å². The number of anilines is 2. The molecule has 4 rings (SSSR count). The molecule has 2 amide bonds. The van der Waals surface area contributed by atoms with E-state index in [9.17, 15) is 14.0 Å². The van der Waals surface area contributed by atoms with Gasteiger partial charge in [-0.15, -0.1) is 11.8 Å². The molecule has 2 aliphatic heterocycles. The van der Waals surface area contributed by atoms with E-state index >= 15 is 0 Å². The second kappa shape index (κ2) is 8.86. The van der Waals surface area contributed by atoms with E-state index in [1.165, 1.54) is 23.9 Å². The number of halogens is 1. The predicted molar refractivity (Wildman–Crippen MR) is 115 cm³/mol. The van der Waals surface area contributed by atoms with Crippen LogP contribution in [0, 0.1) is 5.82 Å². The third-order valence-electron chi connectivity index (χ3n) is 5.48. The average molecular weight is 414 g/mol. The highest BCUT2D eigenvalue weighted by atomic mass is 32.2. The largest absolute Gasteiger partial charge is 0.368 e. The highest BCUT2D eigenvalue weighted by Gasteiger charge is 2.27. The molecule has 0 saturated carbocycles. The number of piperazine rings is 1. The van der Waals surface area contributed by atoms with Crippen molar-refractivity contribution in [3.63, 3.8) is 0 Å². The number of amides is 2. The van der Waals surface area contributed by atoms with Gasteiger partial charge in [-0.05, 0) is 48.7 Å². The van der Waals surface area contributed by atoms with Crippen molar-refractivity contribution in [1.82, 2.24) is 4.90 Å². The zero-order chi connectivity index (χ0) is 20.2. The first-order valence-electron chi connectivity index (χ1n) is 9.89. The number of hydrogen-bond donors (Lipinski definition) is 1. The summed E-state index contributed by atoms with van der Waals surface area (Å²) in [5.41, 5.74) is 3.00. The van der Waals surface area contributed by atoms with E-state index in [-0.39, 0.29) is 22.9 Å². The summed E-state index contributed by atoms with van der Waals surface area (Å²) >= 11 is 1.43. The van der Waals surface area contributed by atoms with Crippen molar-refractivity contribution in [2.45, 2.75) is 18.1 Å². The number of aryl methyl sites for hydroxylation is 1. The lowest BCUT2D eigenvalue weighted by atomic mass is 10.1. The number of thioether (sulfide) groups is 1. The van der Waals surface area contributed by atoms with Gasteiger partial charge in [0, 0.05) is 37.6 Å². The molecule has 1 saturated heterocycles. The number of nitrogens with zero attached hydrogens (tertiary/aromatic N) is 2. The lowest BCUT2D eigenvalue weighted by molar-refractivity contribution is -0.128. The molecule has 1 fully saturated rings. The normalized spacial score (nSPS) is 19.3. The molecule has 7 heteroatoms. The number of fused-ring (bicyclic) bond motifs is 1. The Kier molecular flexibility index (Phi) is 6.04. The van der Waals surface area contributed by atoms with Crippen LogP contribution in [-0.4, -0.2) is 53.9 Å². The van der Waals surface area contributed by atoms with Crippen molar-refractivity contribution >= 4 is 35.0 Å². The van der Waals surface area contributed by atoms with Crippen molar-refractivity contribution in [2.24, 2.45) is 0 Å². The van der Waals surface area contributed by atoms with Crippen LogP contribution in [0.1, 0.15) is 12.0 Å². The molecule has 1 N–H and O–H groups in total. The summed E-state index contributed by atoms with van der Waals surface area (Å²) in [6.07, 6.45) is 1.57. The average Bonchev–Trinajstić information content (AvgIpc) is 2.91. The molecular formula is C22H24FN3O2S. The van der Waals surface area contributed by atoms with E-state index in [0.29, 0.717) is 18.8 Å². The Labute approximate surface area is 174 Å². The van der Waals surface area contributed by atoms with E-state index in [1.807, 2.05) is 29.2 Å². The first kappa shape index (κ1) is 19.8. The third-order valence-corrected chi connectivity index (χ3v) is 6.74. The van der Waals surface area contributed by atoms with Gasteiger partial charge in [-0.3, -0.25) is 9.59 Å². The van der Waals surface area contributed by atoms with Crippen LogP contribution in [0.4, 0.5) is 15.8 Å². The quantitative estimate of drug-likeness (QED) is 0.837. The Morgan fingerprint density at radius 3 is 2.55 bits per heavy atom. The van der Waals surface area contributed by atoms with Gasteiger partial charge < -0.3 is 15.1 Å². The number of para-hydroxylation sites is 1. The van der Waals surface area contributed by atoms with Gasteiger partial charge >= 0.3 is 0 Å². The lowest BCUT2D eigenvalue weighted by Crippen LogP contribution is -2.49. The molecule has 0 spiro atoms. The second-order valence-electron chi connectivity index (χ2n) is 7.33. The SMILES string of the molecule is O=C1Nc2ccccc2CC[C@H]1SCC(=O)N1CCN(c2ccc(F)cc2)CC1. The highest BCUT2D eigenvalue weighted by molar-refractivity contribution is 8.01. The summed E-state index contributed by atoms with van der Waals surface area (Å²) in [4.78, 5) is 29.2. The van der Waals surface area contributed by atoms with Gasteiger partial charge in [-0.2, -0.15) is 0 Å². The number of carbonyl (C=O) groups is 2. The fourth-order valence-corrected chi connectivity index (χ4v) is 4.80. The summed E-state index contributed by atoms with van der Waals surface area (Å²) in [5.74, 6) is 0.118. The molecule has 2 aromatic rings. The van der Waals surface area contributed by atoms with E-state index in [1.54, 1.807) is 12.1 Å². The molecule has 29 heavy (non-hydrogen) atoms. The van der Waals surface area contributed by atoms with Gasteiger partial charge in [-0.25, -0.2) is 4.39 Å². The number of benzene rings is 2. The van der Waals surface area contributed by atoms with Crippen LogP contribution in [0.2, 0.25) is 0 Å². The minimum atomic E-state index is -0.245. The molecule has 2 heterocycles. The molecule has 0 bridgehead atoms. The van der Waals surface area contributed by atoms with Gasteiger partial charge in [0.1, 0.15) is 5.82 Å². The molecule has 0 radical (unpaired) electrons. The third kappa shape index (κ3) is 4.72. The topological polar surface area (TPSA) is 52.7 Å². The van der Waals surface area contributed by atoms with E-state index in [2.05, 4.69) is 10.2 Å². The zero-order valence-electron chi connectivity index (χ0n) is 16.1. The molecule has 5 nitrogen and oxygen atoms in total. The van der Waals surface area contributed by atoms with Crippen LogP contribution >= 0.6 is 11.8 Å². The molecule has 2 aliphatic rings. The Morgan fingerprint density at radius 1 is 1.07 bits per heavy atom. The smallest absolute Gasteiger partial charge is 0.237 e. The van der Waals surface area contributed by atoms with Gasteiger partial charge in [0.2, 0.25) is 11.8 Å². The van der Waals surface area contributed by atoms with Crippen molar-refractivity contribution in [3.05, 3.63) is 59.9 Å². The fraction of sp³-hybridized carbons (Fsp3) is 0.364. The monoisotopic (exact) mass is 413 g/mol. The number of carbonyl (C=O) groups excluding carboxylic acids is 2. The van der Waals surface area contributed by atoms with E-state index in [0.717, 1.165) is 42.9 Å². The van der Waals surface area contributed by atoms with Crippen LogP contribution in [0.15, 0.2) is 48.5 Å². The fourth-order valence-electron chi connectivity index (χ4n) is 3.78. The maximum absolute atomic E-state index is 13.1. The highest BCUT2D eigenvalue weighted by Crippen LogP contribution is 2.27. The second-order valence-corrected chi connectivity index (χ2v) is 8.52. The van der Waals surface area contributed by atoms with Crippen LogP contribution in [0.3, 0.4) is 0 Å². The van der Waals surface area contributed by atoms with Crippen molar-refractivity contribution in [2.75, 3.05) is 42.1 Å². The van der Waals surface area contributed by atoms with Crippen molar-refractivity contribution in [3.8, 4) is 0 Å². The Morgan fingerprint density at radius 2 is 1.79 bits per heavy atom. The number of nitrogens with one attached hydrogen (secondary N) is 1. The first-order chi connectivity index (χ1) is 14.1. The van der Waals surface area contributed by atoms with Crippen LogP contribution in [0.25, 0.3) is 0 Å². The van der Waals surface area contributed by atoms with Gasteiger partial charge in [0.15, 0.2) is 0 Å². The maximum atomic E-state index is 13.1. The maximum Gasteiger partial charge on any atom is 0.237 e. The van der Waals surface area contributed by atoms with Gasteiger partial charge in [0.25, 0.3) is 0 Å². The summed E-state index contributed by atoms with van der Waals surface area (Å²) in [6, 6.07) is 14.3. The van der Waals surface area contributed by atoms with E-state index in [4.69, 9.17) is 0 Å². The molecule has 0 unspecified atom stereocenters. The summed E-state index contributed by atoms with van der Waals surface area (Å²) < 4.78 is 13.1. The summed E-state index contributed by atoms with van der Waals surface area (Å²) in [6.45, 7) is 2.72. The van der Waals surface area contributed by atoms with Crippen LogP contribution in [0.5, 0.6) is 0 Å². The zero-order valence-corrected chi connectivity index (χ0v) is 17.0. The van der Waals surface area contributed by atoms with E-state index < -0.39 is 0 Å². The van der Waals surface area contributed by atoms with Crippen LogP contribution in [-0.2, 0) is 16.0 Å². The molecule has 0 aliphatic carbocycles. The Hall–Kier alpha value is -2.54. The van der Waals surface area contributed by atoms with Gasteiger partial charge in [0.05, 0.1) is 11.0 Å². The lowest BCUT2D eigenvalue weighted by Gasteiger charge is -2.36. The summed E-state index contributed by atoms with van der Waals surface area (Å²) in [5, 5.41) is 2.77. The molecule has 1 atom stereocenters. The molecular weight excluding hydrogens is 389 g/mol. The molecule has 152 valence electrons. The minimum absolute atomic E-state index is 0.0196. The number of rotatable bonds is 4. The van der Waals surface area contributed by atoms with Crippen molar-refractivity contribution in [1.29, 1.82) is 0 Å². The van der Waals surface area contributed by atoms with Crippen molar-refractivity contribution < 1.29 is 14.0 Å². The first-order valence-corrected chi connectivity index (χ1v) is 10.9. The predicted octanol–water partition coefficient (Wildman–Crippen LogP) is 3.16. The molecule has 2 aromatic carbocycles. The minimum Gasteiger partial charge on any atom is -0.368 e. The Bertz CT molecular complexity index is 882. The van der Waals surface area contributed by atoms with Crippen LogP contribution < -0.4 is 10.2 Å². The Balaban J connectivity index is 1.26. The standard InChI is InChI=1S/C22H24FN3O2S/c23-17-6-8-18(9-7-17)25-11-13-26(14-12-25)21(27)15-29-20-10-5-16-3-1-2-4-19(16)24-22(20)28/h1-4,6-9,20H,5,10-15H2,(H,24,28)/t20-/m1/s1. The number of hydrogen-bond acceptors (Lipinski definition) is 4. The summed E-state index contributed by atoms with van der Waals surface area (Å²) in [7, 11) is 0. The molecule has 0 aromatic heterocycles.